The maximum Gasteiger partial charge on any atom is 0.231 e. The maximum atomic E-state index is 6.50. The molecule has 1 saturated heterocycles. The van der Waals surface area contributed by atoms with Crippen LogP contribution in [0.4, 0.5) is 0 Å². The highest BCUT2D eigenvalue weighted by Crippen LogP contribution is 2.50. The standard InChI is InChI=1S/C21H24O5/c1-12-13(2)21(15-6-8-17-19(10-15)25-11-24-17)26-20(12)14-5-7-16(22-3)18(9-14)23-4/h5-10,12-13,20-21H,11H2,1-4H3/t12-,13+,20-,21+/m1/s1. The number of ether oxygens (including phenoxy) is 5. The molecule has 2 aliphatic heterocycles. The minimum Gasteiger partial charge on any atom is -0.493 e. The van der Waals surface area contributed by atoms with E-state index in [1.165, 1.54) is 0 Å². The largest absolute Gasteiger partial charge is 0.493 e. The molecule has 2 aromatic carbocycles. The lowest BCUT2D eigenvalue weighted by Crippen LogP contribution is -2.10. The van der Waals surface area contributed by atoms with E-state index in [9.17, 15) is 0 Å². The van der Waals surface area contributed by atoms with E-state index in [1.54, 1.807) is 14.2 Å². The summed E-state index contributed by atoms with van der Waals surface area (Å²) in [5, 5.41) is 0. The molecule has 5 heteroatoms. The number of hydrogen-bond acceptors (Lipinski definition) is 5. The molecule has 0 unspecified atom stereocenters. The first-order valence-corrected chi connectivity index (χ1v) is 8.89. The van der Waals surface area contributed by atoms with Crippen LogP contribution in [-0.4, -0.2) is 21.0 Å². The van der Waals surface area contributed by atoms with Crippen molar-refractivity contribution in [2.24, 2.45) is 11.8 Å². The van der Waals surface area contributed by atoms with E-state index in [2.05, 4.69) is 26.0 Å². The predicted octanol–water partition coefficient (Wildman–Crippen LogP) is 4.52. The summed E-state index contributed by atoms with van der Waals surface area (Å²) in [6.07, 6.45) is 0.0119. The summed E-state index contributed by atoms with van der Waals surface area (Å²) in [5.41, 5.74) is 2.22. The topological polar surface area (TPSA) is 46.2 Å². The normalized spacial score (nSPS) is 26.8. The average Bonchev–Trinajstić information content (AvgIpc) is 3.25. The summed E-state index contributed by atoms with van der Waals surface area (Å²) in [6, 6.07) is 12.1. The molecule has 0 N–H and O–H groups in total. The van der Waals surface area contributed by atoms with E-state index in [4.69, 9.17) is 23.7 Å². The molecule has 26 heavy (non-hydrogen) atoms. The van der Waals surface area contributed by atoms with Crippen molar-refractivity contribution in [3.63, 3.8) is 0 Å². The molecule has 0 amide bonds. The van der Waals surface area contributed by atoms with Crippen molar-refractivity contribution >= 4 is 0 Å². The second kappa shape index (κ2) is 6.72. The number of methoxy groups -OCH3 is 2. The van der Waals surface area contributed by atoms with Gasteiger partial charge in [0.05, 0.1) is 26.4 Å². The van der Waals surface area contributed by atoms with Crippen molar-refractivity contribution in [3.05, 3.63) is 47.5 Å². The SMILES string of the molecule is COc1ccc([C@@H]2O[C@H](c3ccc4c(c3)OCO4)[C@@H](C)[C@H]2C)cc1OC. The van der Waals surface area contributed by atoms with Crippen LogP contribution in [0.1, 0.15) is 37.2 Å². The third kappa shape index (κ3) is 2.76. The Labute approximate surface area is 153 Å². The summed E-state index contributed by atoms with van der Waals surface area (Å²) >= 11 is 0. The molecule has 0 bridgehead atoms. The van der Waals surface area contributed by atoms with Crippen LogP contribution in [0.5, 0.6) is 23.0 Å². The Hall–Kier alpha value is -2.40. The molecular formula is C21H24O5. The van der Waals surface area contributed by atoms with Gasteiger partial charge in [-0.05, 0) is 47.2 Å². The van der Waals surface area contributed by atoms with Gasteiger partial charge in [-0.25, -0.2) is 0 Å². The Balaban J connectivity index is 1.62. The van der Waals surface area contributed by atoms with Gasteiger partial charge in [-0.1, -0.05) is 26.0 Å². The summed E-state index contributed by atoms with van der Waals surface area (Å²) in [6.45, 7) is 4.75. The van der Waals surface area contributed by atoms with Gasteiger partial charge >= 0.3 is 0 Å². The smallest absolute Gasteiger partial charge is 0.231 e. The number of hydrogen-bond donors (Lipinski definition) is 0. The van der Waals surface area contributed by atoms with Crippen molar-refractivity contribution in [1.82, 2.24) is 0 Å². The highest BCUT2D eigenvalue weighted by atomic mass is 16.7. The minimum absolute atomic E-state index is 0.000212. The fraction of sp³-hybridized carbons (Fsp3) is 0.429. The van der Waals surface area contributed by atoms with Gasteiger partial charge in [0.15, 0.2) is 23.0 Å². The zero-order valence-corrected chi connectivity index (χ0v) is 15.5. The molecule has 5 nitrogen and oxygen atoms in total. The van der Waals surface area contributed by atoms with Gasteiger partial charge < -0.3 is 23.7 Å². The summed E-state index contributed by atoms with van der Waals surface area (Å²) < 4.78 is 28.2. The molecular weight excluding hydrogens is 332 g/mol. The van der Waals surface area contributed by atoms with Gasteiger partial charge in [0.1, 0.15) is 0 Å². The number of benzene rings is 2. The summed E-state index contributed by atoms with van der Waals surface area (Å²) in [4.78, 5) is 0. The van der Waals surface area contributed by atoms with Gasteiger partial charge in [0.2, 0.25) is 6.79 Å². The minimum atomic E-state index is 0.000212. The molecule has 2 aliphatic rings. The molecule has 0 aromatic heterocycles. The van der Waals surface area contributed by atoms with Crippen LogP contribution < -0.4 is 18.9 Å². The van der Waals surface area contributed by atoms with Gasteiger partial charge in [-0.15, -0.1) is 0 Å². The van der Waals surface area contributed by atoms with E-state index < -0.39 is 0 Å². The van der Waals surface area contributed by atoms with E-state index >= 15 is 0 Å². The highest BCUT2D eigenvalue weighted by molar-refractivity contribution is 5.46. The monoisotopic (exact) mass is 356 g/mol. The van der Waals surface area contributed by atoms with E-state index in [0.29, 0.717) is 11.8 Å². The van der Waals surface area contributed by atoms with Gasteiger partial charge in [-0.3, -0.25) is 0 Å². The number of fused-ring (bicyclic) bond motifs is 1. The first kappa shape index (κ1) is 17.0. The number of rotatable bonds is 4. The lowest BCUT2D eigenvalue weighted by molar-refractivity contribution is 0.0288. The quantitative estimate of drug-likeness (QED) is 0.806. The zero-order chi connectivity index (χ0) is 18.3. The van der Waals surface area contributed by atoms with Crippen molar-refractivity contribution in [2.45, 2.75) is 26.1 Å². The van der Waals surface area contributed by atoms with E-state index in [-0.39, 0.29) is 19.0 Å². The predicted molar refractivity (Wildman–Crippen MR) is 97.0 cm³/mol. The van der Waals surface area contributed by atoms with Gasteiger partial charge in [-0.2, -0.15) is 0 Å². The Morgan fingerprint density at radius 3 is 2.08 bits per heavy atom. The molecule has 2 aromatic rings. The molecule has 138 valence electrons. The first-order valence-electron chi connectivity index (χ1n) is 8.89. The molecule has 0 aliphatic carbocycles. The zero-order valence-electron chi connectivity index (χ0n) is 15.5. The first-order chi connectivity index (χ1) is 12.6. The molecule has 4 atom stereocenters. The third-order valence-electron chi connectivity index (χ3n) is 5.54. The van der Waals surface area contributed by atoms with Gasteiger partial charge in [0.25, 0.3) is 0 Å². The van der Waals surface area contributed by atoms with E-state index in [0.717, 1.165) is 34.1 Å². The van der Waals surface area contributed by atoms with Crippen LogP contribution in [0.15, 0.2) is 36.4 Å². The fourth-order valence-electron chi connectivity index (χ4n) is 3.84. The molecule has 1 fully saturated rings. The van der Waals surface area contributed by atoms with Crippen LogP contribution in [0.2, 0.25) is 0 Å². The Morgan fingerprint density at radius 2 is 1.38 bits per heavy atom. The maximum absolute atomic E-state index is 6.50. The van der Waals surface area contributed by atoms with Gasteiger partial charge in [0, 0.05) is 0 Å². The lowest BCUT2D eigenvalue weighted by Gasteiger charge is -2.18. The third-order valence-corrected chi connectivity index (χ3v) is 5.54. The molecule has 0 radical (unpaired) electrons. The van der Waals surface area contributed by atoms with Crippen LogP contribution in [0.3, 0.4) is 0 Å². The second-order valence-electron chi connectivity index (χ2n) is 6.92. The Morgan fingerprint density at radius 1 is 0.769 bits per heavy atom. The molecule has 4 rings (SSSR count). The van der Waals surface area contributed by atoms with Crippen LogP contribution in [-0.2, 0) is 4.74 Å². The molecule has 0 saturated carbocycles. The van der Waals surface area contributed by atoms with Crippen LogP contribution >= 0.6 is 0 Å². The summed E-state index contributed by atoms with van der Waals surface area (Å²) in [7, 11) is 3.29. The average molecular weight is 356 g/mol. The summed E-state index contributed by atoms with van der Waals surface area (Å²) in [5.74, 6) is 3.77. The highest BCUT2D eigenvalue weighted by Gasteiger charge is 2.41. The second-order valence-corrected chi connectivity index (χ2v) is 6.92. The van der Waals surface area contributed by atoms with Crippen molar-refractivity contribution in [1.29, 1.82) is 0 Å². The lowest BCUT2D eigenvalue weighted by atomic mass is 9.85. The van der Waals surface area contributed by atoms with Crippen molar-refractivity contribution < 1.29 is 23.7 Å². The van der Waals surface area contributed by atoms with E-state index in [1.807, 2.05) is 24.3 Å². The van der Waals surface area contributed by atoms with Crippen LogP contribution in [0, 0.1) is 11.8 Å². The fourth-order valence-corrected chi connectivity index (χ4v) is 3.84. The Bertz CT molecular complexity index is 803. The molecule has 0 spiro atoms. The molecule has 2 heterocycles. The van der Waals surface area contributed by atoms with Crippen molar-refractivity contribution in [3.8, 4) is 23.0 Å². The van der Waals surface area contributed by atoms with Crippen LogP contribution in [0.25, 0.3) is 0 Å². The van der Waals surface area contributed by atoms with Crippen molar-refractivity contribution in [2.75, 3.05) is 21.0 Å². The Kier molecular flexibility index (Phi) is 4.41.